The highest BCUT2D eigenvalue weighted by atomic mass is 127. The zero-order valence-corrected chi connectivity index (χ0v) is 19.2. The molecule has 0 saturated heterocycles. The first-order valence-corrected chi connectivity index (χ1v) is 9.05. The Labute approximate surface area is 176 Å². The Morgan fingerprint density at radius 2 is 2.08 bits per heavy atom. The van der Waals surface area contributed by atoms with Crippen LogP contribution in [0.4, 0.5) is 0 Å². The lowest BCUT2D eigenvalue weighted by Gasteiger charge is -2.25. The highest BCUT2D eigenvalue weighted by Crippen LogP contribution is 2.26. The number of likely N-dealkylation sites (N-methyl/N-ethyl adjacent to an activating group) is 1. The smallest absolute Gasteiger partial charge is 0.240 e. The van der Waals surface area contributed by atoms with Gasteiger partial charge in [0.05, 0.1) is 17.4 Å². The third kappa shape index (κ3) is 9.62. The van der Waals surface area contributed by atoms with Gasteiger partial charge in [0, 0.05) is 24.0 Å². The molecule has 0 aliphatic rings. The molecule has 0 aliphatic heterocycles. The van der Waals surface area contributed by atoms with Crippen LogP contribution in [0.15, 0.2) is 17.1 Å². The van der Waals surface area contributed by atoms with Gasteiger partial charge in [0.25, 0.3) is 0 Å². The molecule has 0 aromatic carbocycles. The number of guanidine groups is 1. The van der Waals surface area contributed by atoms with E-state index >= 15 is 0 Å². The summed E-state index contributed by atoms with van der Waals surface area (Å²) in [6.07, 6.45) is -0.715. The van der Waals surface area contributed by atoms with Gasteiger partial charge in [-0.25, -0.2) is 0 Å². The predicted molar refractivity (Wildman–Crippen MR) is 116 cm³/mol. The van der Waals surface area contributed by atoms with Gasteiger partial charge in [-0.15, -0.1) is 35.3 Å². The van der Waals surface area contributed by atoms with E-state index < -0.39 is 6.10 Å². The molecule has 0 saturated carbocycles. The van der Waals surface area contributed by atoms with Gasteiger partial charge in [-0.3, -0.25) is 9.79 Å². The fourth-order valence-corrected chi connectivity index (χ4v) is 3.03. The molecule has 9 heteroatoms. The van der Waals surface area contributed by atoms with Crippen LogP contribution in [0.1, 0.15) is 38.7 Å². The summed E-state index contributed by atoms with van der Waals surface area (Å²) in [5, 5.41) is 16.2. The van der Waals surface area contributed by atoms with Gasteiger partial charge in [-0.1, -0.05) is 11.6 Å². The zero-order valence-electron chi connectivity index (χ0n) is 15.3. The van der Waals surface area contributed by atoms with Gasteiger partial charge in [0.2, 0.25) is 5.91 Å². The Balaban J connectivity index is 0.00000576. The largest absolute Gasteiger partial charge is 0.386 e. The highest BCUT2D eigenvalue weighted by molar-refractivity contribution is 14.0. The Morgan fingerprint density at radius 3 is 2.56 bits per heavy atom. The molecule has 0 radical (unpaired) electrons. The van der Waals surface area contributed by atoms with Crippen molar-refractivity contribution in [3.63, 3.8) is 0 Å². The lowest BCUT2D eigenvalue weighted by Crippen LogP contribution is -2.48. The summed E-state index contributed by atoms with van der Waals surface area (Å²) in [6.45, 7) is 8.82. The number of aliphatic imine (C=N–C) groups is 1. The van der Waals surface area contributed by atoms with E-state index in [-0.39, 0.29) is 48.5 Å². The molecule has 0 spiro atoms. The van der Waals surface area contributed by atoms with E-state index in [1.54, 1.807) is 24.1 Å². The number of nitrogens with one attached hydrogen (secondary N) is 2. The molecule has 0 aliphatic carbocycles. The van der Waals surface area contributed by atoms with Crippen molar-refractivity contribution in [3.8, 4) is 0 Å². The summed E-state index contributed by atoms with van der Waals surface area (Å²) in [7, 11) is 1.79. The standard InChI is InChI=1S/C16H27ClN4O2S.HI/c1-6-18-15(21(5)10-14(23)20-16(2,3)4)19-9-11(22)12-7-8-13(17)24-12;/h7-8,11,22H,6,9-10H2,1-5H3,(H,18,19)(H,20,23);1H. The summed E-state index contributed by atoms with van der Waals surface area (Å²) in [6, 6.07) is 3.54. The van der Waals surface area contributed by atoms with Crippen LogP contribution in [0.3, 0.4) is 0 Å². The van der Waals surface area contributed by atoms with Crippen LogP contribution in [-0.2, 0) is 4.79 Å². The van der Waals surface area contributed by atoms with Gasteiger partial charge in [0.15, 0.2) is 5.96 Å². The minimum absolute atomic E-state index is 0. The molecular weight excluding hydrogens is 475 g/mol. The second-order valence-corrected chi connectivity index (χ2v) is 8.25. The van der Waals surface area contributed by atoms with Crippen LogP contribution in [0.25, 0.3) is 0 Å². The van der Waals surface area contributed by atoms with Crippen LogP contribution in [-0.4, -0.2) is 54.1 Å². The molecule has 0 fully saturated rings. The van der Waals surface area contributed by atoms with E-state index in [4.69, 9.17) is 11.6 Å². The van der Waals surface area contributed by atoms with E-state index in [0.717, 1.165) is 4.88 Å². The second-order valence-electron chi connectivity index (χ2n) is 6.51. The van der Waals surface area contributed by atoms with Crippen LogP contribution < -0.4 is 10.6 Å². The number of thiophene rings is 1. The number of nitrogens with zero attached hydrogens (tertiary/aromatic N) is 2. The SMILES string of the molecule is CCNC(=NCC(O)c1ccc(Cl)s1)N(C)CC(=O)NC(C)(C)C.I. The molecule has 1 rings (SSSR count). The van der Waals surface area contributed by atoms with E-state index in [0.29, 0.717) is 16.8 Å². The Bertz CT molecular complexity index is 575. The molecule has 1 unspecified atom stereocenters. The number of aliphatic hydroxyl groups is 1. The first-order chi connectivity index (χ1) is 11.1. The Hall–Kier alpha value is -0.580. The minimum Gasteiger partial charge on any atom is -0.386 e. The van der Waals surface area contributed by atoms with Gasteiger partial charge >= 0.3 is 0 Å². The molecule has 25 heavy (non-hydrogen) atoms. The normalized spacial score (nSPS) is 13.0. The molecule has 1 atom stereocenters. The summed E-state index contributed by atoms with van der Waals surface area (Å²) in [5.74, 6) is 0.490. The van der Waals surface area contributed by atoms with Crippen LogP contribution in [0.5, 0.6) is 0 Å². The fourth-order valence-electron chi connectivity index (χ4n) is 1.99. The average molecular weight is 503 g/mol. The van der Waals surface area contributed by atoms with Crippen molar-refractivity contribution >= 4 is 58.8 Å². The van der Waals surface area contributed by atoms with Crippen molar-refractivity contribution in [2.24, 2.45) is 4.99 Å². The fraction of sp³-hybridized carbons (Fsp3) is 0.625. The quantitative estimate of drug-likeness (QED) is 0.318. The predicted octanol–water partition coefficient (Wildman–Crippen LogP) is 2.86. The molecule has 144 valence electrons. The van der Waals surface area contributed by atoms with Crippen molar-refractivity contribution in [1.29, 1.82) is 0 Å². The lowest BCUT2D eigenvalue weighted by atomic mass is 10.1. The molecule has 0 bridgehead atoms. The number of halogens is 2. The van der Waals surface area contributed by atoms with Crippen LogP contribution >= 0.6 is 46.9 Å². The molecule has 1 amide bonds. The summed E-state index contributed by atoms with van der Waals surface area (Å²) < 4.78 is 0.635. The topological polar surface area (TPSA) is 77.0 Å². The molecular formula is C16H28ClIN4O2S. The molecule has 6 nitrogen and oxygen atoms in total. The number of amides is 1. The number of aliphatic hydroxyl groups excluding tert-OH is 1. The number of hydrogen-bond donors (Lipinski definition) is 3. The monoisotopic (exact) mass is 502 g/mol. The maximum atomic E-state index is 12.0. The summed E-state index contributed by atoms with van der Waals surface area (Å²) >= 11 is 7.22. The number of rotatable bonds is 6. The van der Waals surface area contributed by atoms with E-state index in [2.05, 4.69) is 15.6 Å². The van der Waals surface area contributed by atoms with Crippen molar-refractivity contribution < 1.29 is 9.90 Å². The van der Waals surface area contributed by atoms with Gasteiger partial charge < -0.3 is 20.6 Å². The Morgan fingerprint density at radius 1 is 1.44 bits per heavy atom. The first-order valence-electron chi connectivity index (χ1n) is 7.86. The average Bonchev–Trinajstić information content (AvgIpc) is 2.87. The van der Waals surface area contributed by atoms with Crippen LogP contribution in [0.2, 0.25) is 4.34 Å². The van der Waals surface area contributed by atoms with Crippen molar-refractivity contribution in [1.82, 2.24) is 15.5 Å². The number of carbonyl (C=O) groups excluding carboxylic acids is 1. The lowest BCUT2D eigenvalue weighted by molar-refractivity contribution is -0.122. The third-order valence-electron chi connectivity index (χ3n) is 2.93. The summed E-state index contributed by atoms with van der Waals surface area (Å²) in [5.41, 5.74) is -0.276. The van der Waals surface area contributed by atoms with E-state index in [1.165, 1.54) is 11.3 Å². The highest BCUT2D eigenvalue weighted by Gasteiger charge is 2.17. The van der Waals surface area contributed by atoms with E-state index in [1.807, 2.05) is 27.7 Å². The summed E-state index contributed by atoms with van der Waals surface area (Å²) in [4.78, 5) is 19.0. The van der Waals surface area contributed by atoms with Crippen LogP contribution in [0, 0.1) is 0 Å². The van der Waals surface area contributed by atoms with E-state index in [9.17, 15) is 9.90 Å². The number of carbonyl (C=O) groups is 1. The van der Waals surface area contributed by atoms with Crippen molar-refractivity contribution in [2.45, 2.75) is 39.3 Å². The van der Waals surface area contributed by atoms with Crippen molar-refractivity contribution in [2.75, 3.05) is 26.7 Å². The maximum absolute atomic E-state index is 12.0. The Kier molecular flexibility index (Phi) is 10.9. The molecule has 3 N–H and O–H groups in total. The maximum Gasteiger partial charge on any atom is 0.240 e. The van der Waals surface area contributed by atoms with Crippen molar-refractivity contribution in [3.05, 3.63) is 21.3 Å². The molecule has 1 aromatic rings. The van der Waals surface area contributed by atoms with Gasteiger partial charge in [-0.2, -0.15) is 0 Å². The second kappa shape index (κ2) is 11.2. The number of hydrogen-bond acceptors (Lipinski definition) is 4. The molecule has 1 aromatic heterocycles. The zero-order chi connectivity index (χ0) is 18.3. The third-order valence-corrected chi connectivity index (χ3v) is 4.26. The minimum atomic E-state index is -0.715. The van der Waals surface area contributed by atoms with Gasteiger partial charge in [-0.05, 0) is 39.8 Å². The van der Waals surface area contributed by atoms with Gasteiger partial charge in [0.1, 0.15) is 6.10 Å². The molecule has 1 heterocycles. The first kappa shape index (κ1) is 24.4.